The van der Waals surface area contributed by atoms with Crippen molar-refractivity contribution >= 4 is 5.69 Å². The second kappa shape index (κ2) is 6.37. The first-order chi connectivity index (χ1) is 9.52. The van der Waals surface area contributed by atoms with Crippen molar-refractivity contribution in [3.63, 3.8) is 0 Å². The molecule has 0 amide bonds. The van der Waals surface area contributed by atoms with Crippen LogP contribution >= 0.6 is 0 Å². The Morgan fingerprint density at radius 3 is 2.70 bits per heavy atom. The molecule has 1 aliphatic heterocycles. The maximum absolute atomic E-state index is 12.1. The van der Waals surface area contributed by atoms with Crippen molar-refractivity contribution in [1.82, 2.24) is 9.78 Å². The van der Waals surface area contributed by atoms with E-state index in [9.17, 15) is 4.79 Å². The van der Waals surface area contributed by atoms with Crippen molar-refractivity contribution in [2.24, 2.45) is 11.1 Å². The van der Waals surface area contributed by atoms with Gasteiger partial charge in [0.05, 0.1) is 25.1 Å². The van der Waals surface area contributed by atoms with Crippen LogP contribution in [0, 0.1) is 5.41 Å². The molecule has 0 radical (unpaired) electrons. The summed E-state index contributed by atoms with van der Waals surface area (Å²) in [6.45, 7) is 8.43. The smallest absolute Gasteiger partial charge is 0.268 e. The average molecular weight is 280 g/mol. The zero-order valence-corrected chi connectivity index (χ0v) is 12.3. The van der Waals surface area contributed by atoms with E-state index < -0.39 is 0 Å². The van der Waals surface area contributed by atoms with Gasteiger partial charge in [-0.25, -0.2) is 4.68 Å². The lowest BCUT2D eigenvalue weighted by atomic mass is 9.90. The highest BCUT2D eigenvalue weighted by molar-refractivity contribution is 5.43. The number of aryl methyl sites for hydroxylation is 1. The number of anilines is 1. The molecule has 2 N–H and O–H groups in total. The van der Waals surface area contributed by atoms with Gasteiger partial charge in [0.1, 0.15) is 0 Å². The Kier molecular flexibility index (Phi) is 4.77. The third-order valence-corrected chi connectivity index (χ3v) is 3.78. The van der Waals surface area contributed by atoms with Crippen LogP contribution in [0.15, 0.2) is 17.1 Å². The van der Waals surface area contributed by atoms with E-state index in [0.717, 1.165) is 25.2 Å². The summed E-state index contributed by atoms with van der Waals surface area (Å²) in [6.07, 6.45) is 2.61. The summed E-state index contributed by atoms with van der Waals surface area (Å²) in [5, 5.41) is 4.27. The summed E-state index contributed by atoms with van der Waals surface area (Å²) in [5.74, 6) is 0. The van der Waals surface area contributed by atoms with Crippen LogP contribution in [0.3, 0.4) is 0 Å². The number of ether oxygens (including phenoxy) is 1. The van der Waals surface area contributed by atoms with E-state index in [1.54, 1.807) is 12.3 Å². The van der Waals surface area contributed by atoms with E-state index in [4.69, 9.17) is 10.5 Å². The van der Waals surface area contributed by atoms with Gasteiger partial charge in [0.2, 0.25) is 0 Å². The Morgan fingerprint density at radius 1 is 1.40 bits per heavy atom. The second-order valence-electron chi connectivity index (χ2n) is 5.99. The molecule has 1 saturated heterocycles. The first-order valence-corrected chi connectivity index (χ1v) is 7.12. The van der Waals surface area contributed by atoms with Gasteiger partial charge in [-0.15, -0.1) is 0 Å². The second-order valence-corrected chi connectivity index (χ2v) is 5.99. The molecule has 0 saturated carbocycles. The van der Waals surface area contributed by atoms with E-state index in [2.05, 4.69) is 23.8 Å². The Bertz CT molecular complexity index is 492. The van der Waals surface area contributed by atoms with E-state index in [-0.39, 0.29) is 11.0 Å². The van der Waals surface area contributed by atoms with Gasteiger partial charge in [-0.2, -0.15) is 5.10 Å². The van der Waals surface area contributed by atoms with Gasteiger partial charge in [0, 0.05) is 25.7 Å². The summed E-state index contributed by atoms with van der Waals surface area (Å²) in [7, 11) is 0. The summed E-state index contributed by atoms with van der Waals surface area (Å²) in [6, 6.07) is 1.66. The quantitative estimate of drug-likeness (QED) is 0.848. The van der Waals surface area contributed by atoms with E-state index in [0.29, 0.717) is 26.3 Å². The van der Waals surface area contributed by atoms with Crippen molar-refractivity contribution in [3.8, 4) is 0 Å². The minimum absolute atomic E-state index is 0.0317. The number of hydrogen-bond donors (Lipinski definition) is 1. The zero-order valence-electron chi connectivity index (χ0n) is 12.3. The van der Waals surface area contributed by atoms with Gasteiger partial charge in [-0.1, -0.05) is 13.8 Å². The molecule has 0 bridgehead atoms. The number of nitrogens with two attached hydrogens (primary N) is 1. The summed E-state index contributed by atoms with van der Waals surface area (Å²) in [5.41, 5.74) is 6.56. The predicted octanol–water partition coefficient (Wildman–Crippen LogP) is 0.455. The van der Waals surface area contributed by atoms with Crippen molar-refractivity contribution in [1.29, 1.82) is 0 Å². The highest BCUT2D eigenvalue weighted by Gasteiger charge is 2.17. The van der Waals surface area contributed by atoms with E-state index >= 15 is 0 Å². The molecular weight excluding hydrogens is 256 g/mol. The number of morpholine rings is 1. The van der Waals surface area contributed by atoms with Crippen LogP contribution in [-0.2, 0) is 11.3 Å². The molecule has 1 aliphatic rings. The van der Waals surface area contributed by atoms with Crippen LogP contribution in [0.1, 0.15) is 20.3 Å². The van der Waals surface area contributed by atoms with Gasteiger partial charge in [0.25, 0.3) is 5.56 Å². The fourth-order valence-electron chi connectivity index (χ4n) is 2.10. The largest absolute Gasteiger partial charge is 0.378 e. The highest BCUT2D eigenvalue weighted by atomic mass is 16.5. The Balaban J connectivity index is 2.04. The minimum Gasteiger partial charge on any atom is -0.378 e. The fourth-order valence-corrected chi connectivity index (χ4v) is 2.10. The lowest BCUT2D eigenvalue weighted by Gasteiger charge is -2.28. The number of hydrogen-bond acceptors (Lipinski definition) is 5. The molecule has 6 nitrogen and oxygen atoms in total. The van der Waals surface area contributed by atoms with Gasteiger partial charge >= 0.3 is 0 Å². The molecule has 0 unspecified atom stereocenters. The molecule has 1 aromatic heterocycles. The van der Waals surface area contributed by atoms with Crippen LogP contribution in [0.25, 0.3) is 0 Å². The van der Waals surface area contributed by atoms with Gasteiger partial charge in [-0.3, -0.25) is 4.79 Å². The Hall–Kier alpha value is -1.40. The molecule has 6 heteroatoms. The van der Waals surface area contributed by atoms with Crippen LogP contribution in [0.4, 0.5) is 5.69 Å². The molecule has 0 aliphatic carbocycles. The maximum atomic E-state index is 12.1. The number of nitrogens with zero attached hydrogens (tertiary/aromatic N) is 3. The molecule has 1 aromatic rings. The predicted molar refractivity (Wildman–Crippen MR) is 79.0 cm³/mol. The lowest BCUT2D eigenvalue weighted by molar-refractivity contribution is 0.122. The molecule has 112 valence electrons. The Labute approximate surface area is 119 Å². The molecule has 1 fully saturated rings. The average Bonchev–Trinajstić information content (AvgIpc) is 2.47. The summed E-state index contributed by atoms with van der Waals surface area (Å²) >= 11 is 0. The topological polar surface area (TPSA) is 73.4 Å². The lowest BCUT2D eigenvalue weighted by Crippen LogP contribution is -2.37. The molecule has 0 aromatic carbocycles. The monoisotopic (exact) mass is 280 g/mol. The van der Waals surface area contributed by atoms with Crippen molar-refractivity contribution < 1.29 is 4.74 Å². The summed E-state index contributed by atoms with van der Waals surface area (Å²) < 4.78 is 6.82. The molecular formula is C14H24N4O2. The third-order valence-electron chi connectivity index (χ3n) is 3.78. The van der Waals surface area contributed by atoms with Gasteiger partial charge in [-0.05, 0) is 18.4 Å². The minimum atomic E-state index is -0.0539. The molecule has 0 spiro atoms. The fraction of sp³-hybridized carbons (Fsp3) is 0.714. The van der Waals surface area contributed by atoms with Crippen molar-refractivity contribution in [2.45, 2.75) is 26.8 Å². The van der Waals surface area contributed by atoms with E-state index in [1.807, 2.05) is 0 Å². The number of rotatable bonds is 5. The summed E-state index contributed by atoms with van der Waals surface area (Å²) in [4.78, 5) is 14.2. The first kappa shape index (κ1) is 15.0. The Morgan fingerprint density at radius 2 is 2.10 bits per heavy atom. The normalized spacial score (nSPS) is 16.4. The van der Waals surface area contributed by atoms with Crippen LogP contribution < -0.4 is 16.2 Å². The molecule has 2 heterocycles. The third kappa shape index (κ3) is 3.80. The van der Waals surface area contributed by atoms with Gasteiger partial charge < -0.3 is 15.4 Å². The maximum Gasteiger partial charge on any atom is 0.268 e. The van der Waals surface area contributed by atoms with Crippen molar-refractivity contribution in [2.75, 3.05) is 37.7 Å². The molecule has 0 atom stereocenters. The SMILES string of the molecule is CC(C)(CN)CCn1ncc(N2CCOCC2)cc1=O. The molecule has 2 rings (SSSR count). The number of aromatic nitrogens is 2. The van der Waals surface area contributed by atoms with Crippen LogP contribution in [-0.4, -0.2) is 42.6 Å². The van der Waals surface area contributed by atoms with Crippen molar-refractivity contribution in [3.05, 3.63) is 22.6 Å². The van der Waals surface area contributed by atoms with Gasteiger partial charge in [0.15, 0.2) is 0 Å². The first-order valence-electron chi connectivity index (χ1n) is 7.12. The highest BCUT2D eigenvalue weighted by Crippen LogP contribution is 2.18. The van der Waals surface area contributed by atoms with E-state index in [1.165, 1.54) is 4.68 Å². The van der Waals surface area contributed by atoms with Crippen LogP contribution in [0.2, 0.25) is 0 Å². The molecule has 20 heavy (non-hydrogen) atoms. The zero-order chi connectivity index (χ0) is 14.6. The standard InChI is InChI=1S/C14H24N4O2/c1-14(2,11-15)3-4-18-13(19)9-12(10-16-18)17-5-7-20-8-6-17/h9-10H,3-8,11,15H2,1-2H3. The van der Waals surface area contributed by atoms with Crippen LogP contribution in [0.5, 0.6) is 0 Å².